The van der Waals surface area contributed by atoms with E-state index in [4.69, 9.17) is 9.47 Å². The van der Waals surface area contributed by atoms with Crippen molar-refractivity contribution in [3.8, 4) is 0 Å². The first-order valence-electron chi connectivity index (χ1n) is 5.66. The van der Waals surface area contributed by atoms with Crippen molar-refractivity contribution in [3.05, 3.63) is 35.9 Å². The summed E-state index contributed by atoms with van der Waals surface area (Å²) in [5, 5.41) is 0. The summed E-state index contributed by atoms with van der Waals surface area (Å²) in [5.41, 5.74) is 1.29. The summed E-state index contributed by atoms with van der Waals surface area (Å²) in [6, 6.07) is 10.4. The maximum Gasteiger partial charge on any atom is 0.172 e. The van der Waals surface area contributed by atoms with Gasteiger partial charge >= 0.3 is 0 Å². The lowest BCUT2D eigenvalue weighted by Gasteiger charge is -2.28. The van der Waals surface area contributed by atoms with Gasteiger partial charge in [-0.2, -0.15) is 0 Å². The van der Waals surface area contributed by atoms with Gasteiger partial charge in [-0.05, 0) is 18.9 Å². The Morgan fingerprint density at radius 3 is 2.73 bits per heavy atom. The first-order valence-corrected chi connectivity index (χ1v) is 5.66. The predicted octanol–water partition coefficient (Wildman–Crippen LogP) is 2.77. The molecular weight excluding hydrogens is 188 g/mol. The fourth-order valence-corrected chi connectivity index (χ4v) is 2.15. The van der Waals surface area contributed by atoms with Crippen LogP contribution in [0, 0.1) is 0 Å². The largest absolute Gasteiger partial charge is 0.350 e. The fraction of sp³-hybridized carbons (Fsp3) is 0.538. The van der Waals surface area contributed by atoms with Crippen LogP contribution >= 0.6 is 0 Å². The molecule has 82 valence electrons. The molecule has 15 heavy (non-hydrogen) atoms. The Morgan fingerprint density at radius 1 is 1.33 bits per heavy atom. The molecule has 2 nitrogen and oxygen atoms in total. The molecule has 0 saturated carbocycles. The second-order valence-electron chi connectivity index (χ2n) is 3.96. The van der Waals surface area contributed by atoms with Crippen molar-refractivity contribution in [1.82, 2.24) is 0 Å². The molecule has 1 saturated heterocycles. The van der Waals surface area contributed by atoms with Gasteiger partial charge in [-0.25, -0.2) is 0 Å². The molecule has 0 aromatic heterocycles. The Balaban J connectivity index is 2.07. The molecule has 1 heterocycles. The van der Waals surface area contributed by atoms with Crippen LogP contribution in [0.15, 0.2) is 30.3 Å². The third-order valence-corrected chi connectivity index (χ3v) is 2.79. The summed E-state index contributed by atoms with van der Waals surface area (Å²) >= 11 is 0. The van der Waals surface area contributed by atoms with Crippen LogP contribution in [0.25, 0.3) is 0 Å². The zero-order chi connectivity index (χ0) is 10.6. The van der Waals surface area contributed by atoms with E-state index >= 15 is 0 Å². The average Bonchev–Trinajstić information content (AvgIpc) is 2.69. The van der Waals surface area contributed by atoms with Gasteiger partial charge in [-0.1, -0.05) is 30.3 Å². The highest BCUT2D eigenvalue weighted by atomic mass is 16.7. The van der Waals surface area contributed by atoms with Crippen LogP contribution in [0.1, 0.15) is 25.3 Å². The van der Waals surface area contributed by atoms with E-state index in [-0.39, 0.29) is 5.79 Å². The second-order valence-corrected chi connectivity index (χ2v) is 3.96. The lowest BCUT2D eigenvalue weighted by Crippen LogP contribution is -2.34. The topological polar surface area (TPSA) is 18.5 Å². The third-order valence-electron chi connectivity index (χ3n) is 2.79. The standard InChI is InChI=1S/C13H18O2/c1-2-14-13(9-6-10-15-13)11-12-7-4-3-5-8-12/h3-5,7-8H,2,6,9-11H2,1H3. The Kier molecular flexibility index (Phi) is 3.39. The second kappa shape index (κ2) is 4.77. The summed E-state index contributed by atoms with van der Waals surface area (Å²) in [6.07, 6.45) is 2.98. The molecule has 0 aliphatic carbocycles. The van der Waals surface area contributed by atoms with Gasteiger partial charge in [0.1, 0.15) is 0 Å². The normalized spacial score (nSPS) is 25.7. The molecule has 0 N–H and O–H groups in total. The monoisotopic (exact) mass is 206 g/mol. The SMILES string of the molecule is CCOC1(Cc2ccccc2)CCCO1. The van der Waals surface area contributed by atoms with Crippen LogP contribution in [0.2, 0.25) is 0 Å². The quantitative estimate of drug-likeness (QED) is 0.754. The predicted molar refractivity (Wildman–Crippen MR) is 59.7 cm³/mol. The Morgan fingerprint density at radius 2 is 2.13 bits per heavy atom. The van der Waals surface area contributed by atoms with E-state index in [0.717, 1.165) is 25.9 Å². The molecule has 1 aliphatic rings. The van der Waals surface area contributed by atoms with Crippen molar-refractivity contribution >= 4 is 0 Å². The van der Waals surface area contributed by atoms with Crippen molar-refractivity contribution < 1.29 is 9.47 Å². The summed E-state index contributed by atoms with van der Waals surface area (Å²) in [5.74, 6) is -0.351. The summed E-state index contributed by atoms with van der Waals surface area (Å²) < 4.78 is 11.5. The van der Waals surface area contributed by atoms with E-state index < -0.39 is 0 Å². The van der Waals surface area contributed by atoms with Crippen LogP contribution < -0.4 is 0 Å². The van der Waals surface area contributed by atoms with E-state index in [1.807, 2.05) is 13.0 Å². The van der Waals surface area contributed by atoms with Gasteiger partial charge < -0.3 is 9.47 Å². The lowest BCUT2D eigenvalue weighted by atomic mass is 10.0. The van der Waals surface area contributed by atoms with Crippen LogP contribution in [0.4, 0.5) is 0 Å². The molecule has 0 spiro atoms. The van der Waals surface area contributed by atoms with Gasteiger partial charge in [0.15, 0.2) is 5.79 Å². The zero-order valence-corrected chi connectivity index (χ0v) is 9.24. The number of hydrogen-bond donors (Lipinski definition) is 0. The molecule has 1 aromatic carbocycles. The first-order chi connectivity index (χ1) is 7.35. The molecule has 2 rings (SSSR count). The van der Waals surface area contributed by atoms with E-state index in [1.165, 1.54) is 5.56 Å². The van der Waals surface area contributed by atoms with Crippen molar-refractivity contribution in [1.29, 1.82) is 0 Å². The molecule has 1 unspecified atom stereocenters. The van der Waals surface area contributed by atoms with E-state index in [0.29, 0.717) is 6.61 Å². The molecule has 1 aromatic rings. The summed E-state index contributed by atoms with van der Waals surface area (Å²) in [6.45, 7) is 3.56. The lowest BCUT2D eigenvalue weighted by molar-refractivity contribution is -0.206. The molecule has 1 fully saturated rings. The van der Waals surface area contributed by atoms with Crippen LogP contribution in [-0.4, -0.2) is 19.0 Å². The number of benzene rings is 1. The molecule has 0 amide bonds. The fourth-order valence-electron chi connectivity index (χ4n) is 2.15. The maximum atomic E-state index is 5.77. The smallest absolute Gasteiger partial charge is 0.172 e. The molecular formula is C13H18O2. The molecule has 0 radical (unpaired) electrons. The highest BCUT2D eigenvalue weighted by Crippen LogP contribution is 2.30. The molecule has 1 atom stereocenters. The van der Waals surface area contributed by atoms with Crippen molar-refractivity contribution in [2.24, 2.45) is 0 Å². The Hall–Kier alpha value is -0.860. The highest BCUT2D eigenvalue weighted by Gasteiger charge is 2.35. The van der Waals surface area contributed by atoms with Gasteiger partial charge in [0, 0.05) is 19.4 Å². The minimum atomic E-state index is -0.351. The average molecular weight is 206 g/mol. The zero-order valence-electron chi connectivity index (χ0n) is 9.24. The van der Waals surface area contributed by atoms with Gasteiger partial charge in [0.05, 0.1) is 6.61 Å². The number of rotatable bonds is 4. The summed E-state index contributed by atoms with van der Waals surface area (Å²) in [4.78, 5) is 0. The highest BCUT2D eigenvalue weighted by molar-refractivity contribution is 5.16. The van der Waals surface area contributed by atoms with Gasteiger partial charge in [-0.3, -0.25) is 0 Å². The van der Waals surface area contributed by atoms with Crippen molar-refractivity contribution in [3.63, 3.8) is 0 Å². The Labute approximate surface area is 91.2 Å². The van der Waals surface area contributed by atoms with Crippen LogP contribution in [-0.2, 0) is 15.9 Å². The van der Waals surface area contributed by atoms with Gasteiger partial charge in [0.2, 0.25) is 0 Å². The van der Waals surface area contributed by atoms with E-state index in [9.17, 15) is 0 Å². The molecule has 1 aliphatic heterocycles. The van der Waals surface area contributed by atoms with Gasteiger partial charge in [0.25, 0.3) is 0 Å². The maximum absolute atomic E-state index is 5.77. The third kappa shape index (κ3) is 2.58. The van der Waals surface area contributed by atoms with Gasteiger partial charge in [-0.15, -0.1) is 0 Å². The molecule has 2 heteroatoms. The number of ether oxygens (including phenoxy) is 2. The number of hydrogen-bond acceptors (Lipinski definition) is 2. The molecule has 0 bridgehead atoms. The minimum Gasteiger partial charge on any atom is -0.350 e. The Bertz CT molecular complexity index is 289. The van der Waals surface area contributed by atoms with Crippen molar-refractivity contribution in [2.45, 2.75) is 32.0 Å². The summed E-state index contributed by atoms with van der Waals surface area (Å²) in [7, 11) is 0. The first kappa shape index (κ1) is 10.7. The van der Waals surface area contributed by atoms with E-state index in [2.05, 4.69) is 24.3 Å². The van der Waals surface area contributed by atoms with Crippen LogP contribution in [0.5, 0.6) is 0 Å². The van der Waals surface area contributed by atoms with Crippen molar-refractivity contribution in [2.75, 3.05) is 13.2 Å². The van der Waals surface area contributed by atoms with E-state index in [1.54, 1.807) is 0 Å². The minimum absolute atomic E-state index is 0.351. The van der Waals surface area contributed by atoms with Crippen LogP contribution in [0.3, 0.4) is 0 Å².